The van der Waals surface area contributed by atoms with E-state index in [4.69, 9.17) is 9.47 Å². The molecule has 0 spiro atoms. The number of methoxy groups -OCH3 is 1. The number of hydrogen-bond acceptors (Lipinski definition) is 5. The van der Waals surface area contributed by atoms with Gasteiger partial charge in [-0.3, -0.25) is 4.79 Å². The van der Waals surface area contributed by atoms with E-state index in [0.717, 1.165) is 18.8 Å². The quantitative estimate of drug-likeness (QED) is 0.867. The summed E-state index contributed by atoms with van der Waals surface area (Å²) in [6, 6.07) is 14.2. The second-order valence-electron chi connectivity index (χ2n) is 5.61. The van der Waals surface area contributed by atoms with Gasteiger partial charge in [0.1, 0.15) is 0 Å². The fraction of sp³-hybridized carbons (Fsp3) is 0.263. The van der Waals surface area contributed by atoms with Crippen molar-refractivity contribution in [1.29, 1.82) is 0 Å². The molecule has 0 unspecified atom stereocenters. The van der Waals surface area contributed by atoms with Crippen molar-refractivity contribution in [2.45, 2.75) is 0 Å². The third-order valence-electron chi connectivity index (χ3n) is 4.08. The van der Waals surface area contributed by atoms with E-state index in [1.54, 1.807) is 24.3 Å². The summed E-state index contributed by atoms with van der Waals surface area (Å²) in [7, 11) is 1.30. The molecule has 0 radical (unpaired) electrons. The van der Waals surface area contributed by atoms with Crippen LogP contribution in [0.4, 0.5) is 11.4 Å². The van der Waals surface area contributed by atoms with E-state index in [9.17, 15) is 9.59 Å². The van der Waals surface area contributed by atoms with Gasteiger partial charge in [-0.2, -0.15) is 0 Å². The molecule has 1 aliphatic rings. The van der Waals surface area contributed by atoms with Gasteiger partial charge in [0, 0.05) is 13.1 Å². The first-order valence-corrected chi connectivity index (χ1v) is 8.11. The minimum Gasteiger partial charge on any atom is -0.465 e. The third kappa shape index (κ3) is 3.80. The van der Waals surface area contributed by atoms with Crippen molar-refractivity contribution in [2.24, 2.45) is 0 Å². The van der Waals surface area contributed by atoms with Crippen LogP contribution in [0.25, 0.3) is 0 Å². The van der Waals surface area contributed by atoms with Crippen LogP contribution in [0, 0.1) is 0 Å². The molecule has 25 heavy (non-hydrogen) atoms. The van der Waals surface area contributed by atoms with Gasteiger partial charge in [0.25, 0.3) is 5.91 Å². The standard InChI is InChI=1S/C19H20N2O4/c1-24-19(23)15-7-3-2-6-14(15)18(22)20-16-8-4-5-9-17(16)21-10-12-25-13-11-21/h2-9H,10-13H2,1H3,(H,20,22). The molecule has 0 aliphatic carbocycles. The van der Waals surface area contributed by atoms with Crippen LogP contribution in [-0.4, -0.2) is 45.3 Å². The Bertz CT molecular complexity index is 770. The summed E-state index contributed by atoms with van der Waals surface area (Å²) in [5.41, 5.74) is 2.17. The summed E-state index contributed by atoms with van der Waals surface area (Å²) in [5, 5.41) is 2.91. The van der Waals surface area contributed by atoms with E-state index in [1.807, 2.05) is 24.3 Å². The van der Waals surface area contributed by atoms with Crippen molar-refractivity contribution >= 4 is 23.3 Å². The van der Waals surface area contributed by atoms with Crippen molar-refractivity contribution in [3.63, 3.8) is 0 Å². The predicted molar refractivity (Wildman–Crippen MR) is 95.2 cm³/mol. The summed E-state index contributed by atoms with van der Waals surface area (Å²) in [4.78, 5) is 26.8. The molecule has 6 nitrogen and oxygen atoms in total. The number of nitrogens with one attached hydrogen (secondary N) is 1. The number of carbonyl (C=O) groups is 2. The fourth-order valence-electron chi connectivity index (χ4n) is 2.82. The van der Waals surface area contributed by atoms with Crippen LogP contribution < -0.4 is 10.2 Å². The highest BCUT2D eigenvalue weighted by Crippen LogP contribution is 2.27. The zero-order valence-electron chi connectivity index (χ0n) is 14.0. The lowest BCUT2D eigenvalue weighted by molar-refractivity contribution is 0.0597. The van der Waals surface area contributed by atoms with Crippen molar-refractivity contribution in [3.8, 4) is 0 Å². The highest BCUT2D eigenvalue weighted by atomic mass is 16.5. The zero-order valence-corrected chi connectivity index (χ0v) is 14.0. The molecular weight excluding hydrogens is 320 g/mol. The van der Waals surface area contributed by atoms with Crippen LogP contribution in [0.1, 0.15) is 20.7 Å². The van der Waals surface area contributed by atoms with Gasteiger partial charge in [0.2, 0.25) is 0 Å². The maximum absolute atomic E-state index is 12.7. The number of para-hydroxylation sites is 2. The lowest BCUT2D eigenvalue weighted by atomic mass is 10.1. The number of carbonyl (C=O) groups excluding carboxylic acids is 2. The Labute approximate surface area is 146 Å². The van der Waals surface area contributed by atoms with Gasteiger partial charge in [-0.25, -0.2) is 4.79 Å². The lowest BCUT2D eigenvalue weighted by Crippen LogP contribution is -2.36. The maximum atomic E-state index is 12.7. The minimum atomic E-state index is -0.535. The second kappa shape index (κ2) is 7.81. The monoisotopic (exact) mass is 340 g/mol. The Balaban J connectivity index is 1.86. The normalized spacial score (nSPS) is 14.0. The van der Waals surface area contributed by atoms with E-state index < -0.39 is 5.97 Å². The predicted octanol–water partition coefficient (Wildman–Crippen LogP) is 2.56. The van der Waals surface area contributed by atoms with Crippen LogP contribution in [-0.2, 0) is 9.47 Å². The Morgan fingerprint density at radius 3 is 2.36 bits per heavy atom. The first-order chi connectivity index (χ1) is 12.2. The number of esters is 1. The molecule has 0 bridgehead atoms. The molecule has 1 amide bonds. The van der Waals surface area contributed by atoms with Gasteiger partial charge in [-0.15, -0.1) is 0 Å². The highest BCUT2D eigenvalue weighted by molar-refractivity contribution is 6.11. The van der Waals surface area contributed by atoms with Gasteiger partial charge in [-0.05, 0) is 24.3 Å². The molecule has 0 aromatic heterocycles. The molecule has 6 heteroatoms. The molecule has 1 aliphatic heterocycles. The van der Waals surface area contributed by atoms with E-state index in [1.165, 1.54) is 7.11 Å². The number of amides is 1. The summed E-state index contributed by atoms with van der Waals surface area (Å²) >= 11 is 0. The van der Waals surface area contributed by atoms with Crippen LogP contribution in [0.15, 0.2) is 48.5 Å². The number of nitrogens with zero attached hydrogens (tertiary/aromatic N) is 1. The summed E-state index contributed by atoms with van der Waals surface area (Å²) in [6.07, 6.45) is 0. The summed E-state index contributed by atoms with van der Waals surface area (Å²) in [6.45, 7) is 2.86. The lowest BCUT2D eigenvalue weighted by Gasteiger charge is -2.30. The van der Waals surface area contributed by atoms with Gasteiger partial charge in [-0.1, -0.05) is 24.3 Å². The minimum absolute atomic E-state index is 0.242. The first kappa shape index (κ1) is 17.0. The molecule has 2 aromatic carbocycles. The summed E-state index contributed by atoms with van der Waals surface area (Å²) < 4.78 is 10.1. The Hall–Kier alpha value is -2.86. The van der Waals surface area contributed by atoms with E-state index in [-0.39, 0.29) is 17.0 Å². The van der Waals surface area contributed by atoms with Gasteiger partial charge >= 0.3 is 5.97 Å². The molecule has 0 atom stereocenters. The molecule has 130 valence electrons. The zero-order chi connectivity index (χ0) is 17.6. The number of benzene rings is 2. The van der Waals surface area contributed by atoms with Crippen LogP contribution in [0.2, 0.25) is 0 Å². The average molecular weight is 340 g/mol. The number of anilines is 2. The molecule has 1 saturated heterocycles. The van der Waals surface area contributed by atoms with Gasteiger partial charge < -0.3 is 19.7 Å². The van der Waals surface area contributed by atoms with E-state index in [0.29, 0.717) is 18.9 Å². The largest absolute Gasteiger partial charge is 0.465 e. The molecular formula is C19H20N2O4. The third-order valence-corrected chi connectivity index (χ3v) is 4.08. The first-order valence-electron chi connectivity index (χ1n) is 8.11. The maximum Gasteiger partial charge on any atom is 0.338 e. The van der Waals surface area contributed by atoms with Gasteiger partial charge in [0.15, 0.2) is 0 Å². The van der Waals surface area contributed by atoms with E-state index in [2.05, 4.69) is 10.2 Å². The molecule has 2 aromatic rings. The van der Waals surface area contributed by atoms with E-state index >= 15 is 0 Å². The van der Waals surface area contributed by atoms with Crippen LogP contribution in [0.5, 0.6) is 0 Å². The van der Waals surface area contributed by atoms with Crippen molar-refractivity contribution in [2.75, 3.05) is 43.6 Å². The van der Waals surface area contributed by atoms with Crippen molar-refractivity contribution in [1.82, 2.24) is 0 Å². The average Bonchev–Trinajstić information content (AvgIpc) is 2.68. The highest BCUT2D eigenvalue weighted by Gasteiger charge is 2.20. The molecule has 1 N–H and O–H groups in total. The van der Waals surface area contributed by atoms with Crippen molar-refractivity contribution in [3.05, 3.63) is 59.7 Å². The van der Waals surface area contributed by atoms with Crippen LogP contribution in [0.3, 0.4) is 0 Å². The summed E-state index contributed by atoms with van der Waals surface area (Å²) in [5.74, 6) is -0.881. The Morgan fingerprint density at radius 1 is 1.00 bits per heavy atom. The molecule has 3 rings (SSSR count). The Kier molecular flexibility index (Phi) is 5.30. The number of rotatable bonds is 4. The Morgan fingerprint density at radius 2 is 1.64 bits per heavy atom. The van der Waals surface area contributed by atoms with Crippen molar-refractivity contribution < 1.29 is 19.1 Å². The fourth-order valence-corrected chi connectivity index (χ4v) is 2.82. The molecule has 1 fully saturated rings. The smallest absolute Gasteiger partial charge is 0.338 e. The number of morpholine rings is 1. The van der Waals surface area contributed by atoms with Gasteiger partial charge in [0.05, 0.1) is 42.8 Å². The second-order valence-corrected chi connectivity index (χ2v) is 5.61. The molecule has 1 heterocycles. The number of ether oxygens (including phenoxy) is 2. The number of hydrogen-bond donors (Lipinski definition) is 1. The van der Waals surface area contributed by atoms with Crippen LogP contribution >= 0.6 is 0 Å². The molecule has 0 saturated carbocycles. The topological polar surface area (TPSA) is 67.9 Å². The SMILES string of the molecule is COC(=O)c1ccccc1C(=O)Nc1ccccc1N1CCOCC1.